The average Bonchev–Trinajstić information content (AvgIpc) is 2.89. The third kappa shape index (κ3) is 1.95. The SMILES string of the molecule is Cc1c(C(C)C)cc(-c2ccccc2)c2ccoc12. The first kappa shape index (κ1) is 12.0. The Hall–Kier alpha value is -2.02. The zero-order valence-corrected chi connectivity index (χ0v) is 11.6. The Balaban J connectivity index is 2.36. The molecule has 0 aliphatic carbocycles. The van der Waals surface area contributed by atoms with Gasteiger partial charge in [0.1, 0.15) is 5.58 Å². The number of rotatable bonds is 2. The molecular formula is C18H18O. The molecule has 0 bridgehead atoms. The van der Waals surface area contributed by atoms with Gasteiger partial charge in [-0.3, -0.25) is 0 Å². The van der Waals surface area contributed by atoms with Crippen molar-refractivity contribution in [1.82, 2.24) is 0 Å². The molecular weight excluding hydrogens is 232 g/mol. The van der Waals surface area contributed by atoms with Gasteiger partial charge in [-0.2, -0.15) is 0 Å². The molecule has 0 saturated carbocycles. The van der Waals surface area contributed by atoms with E-state index >= 15 is 0 Å². The molecule has 0 aliphatic heterocycles. The molecule has 1 aromatic heterocycles. The Kier molecular flexibility index (Phi) is 2.90. The van der Waals surface area contributed by atoms with Crippen LogP contribution in [0.15, 0.2) is 53.1 Å². The highest BCUT2D eigenvalue weighted by atomic mass is 16.3. The summed E-state index contributed by atoms with van der Waals surface area (Å²) in [6.45, 7) is 6.60. The lowest BCUT2D eigenvalue weighted by Gasteiger charge is -2.14. The van der Waals surface area contributed by atoms with Crippen LogP contribution >= 0.6 is 0 Å². The molecule has 19 heavy (non-hydrogen) atoms. The lowest BCUT2D eigenvalue weighted by atomic mass is 9.91. The van der Waals surface area contributed by atoms with Crippen LogP contribution in [0.1, 0.15) is 30.9 Å². The van der Waals surface area contributed by atoms with Crippen LogP contribution in [0.25, 0.3) is 22.1 Å². The van der Waals surface area contributed by atoms with E-state index in [1.165, 1.54) is 27.6 Å². The molecule has 0 N–H and O–H groups in total. The summed E-state index contributed by atoms with van der Waals surface area (Å²) >= 11 is 0. The van der Waals surface area contributed by atoms with Crippen LogP contribution in [-0.4, -0.2) is 0 Å². The van der Waals surface area contributed by atoms with E-state index in [9.17, 15) is 0 Å². The Bertz CT molecular complexity index is 705. The van der Waals surface area contributed by atoms with Gasteiger partial charge in [-0.15, -0.1) is 0 Å². The minimum absolute atomic E-state index is 0.497. The zero-order valence-electron chi connectivity index (χ0n) is 11.6. The third-order valence-electron chi connectivity index (χ3n) is 3.74. The van der Waals surface area contributed by atoms with Crippen molar-refractivity contribution in [3.63, 3.8) is 0 Å². The van der Waals surface area contributed by atoms with Gasteiger partial charge < -0.3 is 4.42 Å². The Labute approximate surface area is 113 Å². The number of aryl methyl sites for hydroxylation is 1. The summed E-state index contributed by atoms with van der Waals surface area (Å²) in [6, 6.07) is 14.9. The maximum atomic E-state index is 5.70. The van der Waals surface area contributed by atoms with E-state index in [1.807, 2.05) is 6.07 Å². The van der Waals surface area contributed by atoms with Gasteiger partial charge in [-0.25, -0.2) is 0 Å². The molecule has 1 heteroatoms. The van der Waals surface area contributed by atoms with E-state index in [-0.39, 0.29) is 0 Å². The monoisotopic (exact) mass is 250 g/mol. The number of furan rings is 1. The van der Waals surface area contributed by atoms with Gasteiger partial charge in [0.15, 0.2) is 0 Å². The highest BCUT2D eigenvalue weighted by Gasteiger charge is 2.14. The standard InChI is InChI=1S/C18H18O/c1-12(2)16-11-17(14-7-5-4-6-8-14)15-9-10-19-18(15)13(16)3/h4-12H,1-3H3. The maximum Gasteiger partial charge on any atom is 0.137 e. The van der Waals surface area contributed by atoms with Crippen LogP contribution in [0.5, 0.6) is 0 Å². The molecule has 0 radical (unpaired) electrons. The fraction of sp³-hybridized carbons (Fsp3) is 0.222. The van der Waals surface area contributed by atoms with Crippen LogP contribution in [-0.2, 0) is 0 Å². The molecule has 0 fully saturated rings. The van der Waals surface area contributed by atoms with E-state index in [1.54, 1.807) is 6.26 Å². The highest BCUT2D eigenvalue weighted by Crippen LogP contribution is 2.36. The van der Waals surface area contributed by atoms with Gasteiger partial charge in [0.05, 0.1) is 6.26 Å². The zero-order chi connectivity index (χ0) is 13.4. The van der Waals surface area contributed by atoms with E-state index in [4.69, 9.17) is 4.42 Å². The minimum atomic E-state index is 0.497. The summed E-state index contributed by atoms with van der Waals surface area (Å²) < 4.78 is 5.70. The summed E-state index contributed by atoms with van der Waals surface area (Å²) in [5, 5.41) is 1.20. The van der Waals surface area contributed by atoms with Gasteiger partial charge in [0.25, 0.3) is 0 Å². The Morgan fingerprint density at radius 3 is 2.42 bits per heavy atom. The maximum absolute atomic E-state index is 5.70. The second-order valence-corrected chi connectivity index (χ2v) is 5.32. The molecule has 0 unspecified atom stereocenters. The molecule has 0 amide bonds. The van der Waals surface area contributed by atoms with Crippen molar-refractivity contribution in [1.29, 1.82) is 0 Å². The van der Waals surface area contributed by atoms with Gasteiger partial charge in [-0.05, 0) is 47.2 Å². The summed E-state index contributed by atoms with van der Waals surface area (Å²) in [4.78, 5) is 0. The van der Waals surface area contributed by atoms with Gasteiger partial charge in [-0.1, -0.05) is 44.2 Å². The normalized spacial score (nSPS) is 11.4. The fourth-order valence-corrected chi connectivity index (χ4v) is 2.74. The van der Waals surface area contributed by atoms with Crippen molar-refractivity contribution in [2.45, 2.75) is 26.7 Å². The molecule has 0 atom stereocenters. The van der Waals surface area contributed by atoms with Gasteiger partial charge in [0.2, 0.25) is 0 Å². The molecule has 1 nitrogen and oxygen atoms in total. The number of fused-ring (bicyclic) bond motifs is 1. The van der Waals surface area contributed by atoms with Gasteiger partial charge in [0, 0.05) is 5.39 Å². The topological polar surface area (TPSA) is 13.1 Å². The second kappa shape index (κ2) is 4.58. The van der Waals surface area contributed by atoms with Crippen LogP contribution in [0.3, 0.4) is 0 Å². The van der Waals surface area contributed by atoms with Crippen molar-refractivity contribution in [2.24, 2.45) is 0 Å². The summed E-state index contributed by atoms with van der Waals surface area (Å²) in [5.74, 6) is 0.497. The molecule has 1 heterocycles. The smallest absolute Gasteiger partial charge is 0.137 e. The number of hydrogen-bond acceptors (Lipinski definition) is 1. The average molecular weight is 250 g/mol. The molecule has 2 aromatic carbocycles. The van der Waals surface area contributed by atoms with Crippen LogP contribution < -0.4 is 0 Å². The van der Waals surface area contributed by atoms with E-state index in [0.717, 1.165) is 5.58 Å². The predicted octanol–water partition coefficient (Wildman–Crippen LogP) is 5.53. The summed E-state index contributed by atoms with van der Waals surface area (Å²) in [5.41, 5.74) is 6.15. The van der Waals surface area contributed by atoms with Crippen LogP contribution in [0.2, 0.25) is 0 Å². The first-order valence-electron chi connectivity index (χ1n) is 6.74. The van der Waals surface area contributed by atoms with Crippen molar-refractivity contribution in [3.8, 4) is 11.1 Å². The Morgan fingerprint density at radius 2 is 1.74 bits per heavy atom. The molecule has 0 saturated heterocycles. The van der Waals surface area contributed by atoms with Crippen molar-refractivity contribution < 1.29 is 4.42 Å². The number of benzene rings is 2. The molecule has 3 rings (SSSR count). The molecule has 96 valence electrons. The highest BCUT2D eigenvalue weighted by molar-refractivity contribution is 5.96. The van der Waals surface area contributed by atoms with Crippen molar-refractivity contribution in [3.05, 3.63) is 59.9 Å². The lowest BCUT2D eigenvalue weighted by Crippen LogP contribution is -1.94. The summed E-state index contributed by atoms with van der Waals surface area (Å²) in [6.07, 6.45) is 1.79. The van der Waals surface area contributed by atoms with E-state index in [0.29, 0.717) is 5.92 Å². The molecule has 0 aliphatic rings. The molecule has 0 spiro atoms. The van der Waals surface area contributed by atoms with Crippen molar-refractivity contribution in [2.75, 3.05) is 0 Å². The first-order valence-corrected chi connectivity index (χ1v) is 6.74. The van der Waals surface area contributed by atoms with Crippen molar-refractivity contribution >= 4 is 11.0 Å². The summed E-state index contributed by atoms with van der Waals surface area (Å²) in [7, 11) is 0. The number of hydrogen-bond donors (Lipinski definition) is 0. The second-order valence-electron chi connectivity index (χ2n) is 5.32. The Morgan fingerprint density at radius 1 is 1.00 bits per heavy atom. The molecule has 3 aromatic rings. The predicted molar refractivity (Wildman–Crippen MR) is 80.5 cm³/mol. The van der Waals surface area contributed by atoms with E-state index in [2.05, 4.69) is 57.2 Å². The minimum Gasteiger partial charge on any atom is -0.464 e. The third-order valence-corrected chi connectivity index (χ3v) is 3.74. The lowest BCUT2D eigenvalue weighted by molar-refractivity contribution is 0.612. The quantitative estimate of drug-likeness (QED) is 0.582. The van der Waals surface area contributed by atoms with Crippen LogP contribution in [0, 0.1) is 6.92 Å². The fourth-order valence-electron chi connectivity index (χ4n) is 2.74. The first-order chi connectivity index (χ1) is 9.18. The van der Waals surface area contributed by atoms with E-state index < -0.39 is 0 Å². The van der Waals surface area contributed by atoms with Crippen LogP contribution in [0.4, 0.5) is 0 Å². The largest absolute Gasteiger partial charge is 0.464 e. The van der Waals surface area contributed by atoms with Gasteiger partial charge >= 0.3 is 0 Å².